The Kier molecular flexibility index (Phi) is 5.48. The lowest BCUT2D eigenvalue weighted by Gasteiger charge is -2.12. The first-order valence-electron chi connectivity index (χ1n) is 5.69. The average Bonchev–Trinajstić information content (AvgIpc) is 2.27. The second-order valence-electron chi connectivity index (χ2n) is 4.08. The summed E-state index contributed by atoms with van der Waals surface area (Å²) in [5, 5.41) is 0. The van der Waals surface area contributed by atoms with Crippen LogP contribution in [-0.4, -0.2) is 13.2 Å². The molecule has 1 rings (SSSR count). The molecule has 0 saturated carbocycles. The van der Waals surface area contributed by atoms with Crippen LogP contribution in [0.5, 0.6) is 11.5 Å². The molecule has 0 N–H and O–H groups in total. The molecule has 0 aliphatic rings. The van der Waals surface area contributed by atoms with Gasteiger partial charge in [0.25, 0.3) is 0 Å². The monoisotopic (exact) mass is 220 g/mol. The van der Waals surface area contributed by atoms with Crippen molar-refractivity contribution in [2.24, 2.45) is 5.92 Å². The van der Waals surface area contributed by atoms with E-state index in [1.807, 2.05) is 24.3 Å². The molecule has 0 fully saturated rings. The molecule has 0 amide bonds. The van der Waals surface area contributed by atoms with Crippen molar-refractivity contribution in [1.82, 2.24) is 0 Å². The van der Waals surface area contributed by atoms with E-state index in [2.05, 4.69) is 20.4 Å². The molecular weight excluding hydrogens is 200 g/mol. The van der Waals surface area contributed by atoms with Crippen LogP contribution in [0.25, 0.3) is 0 Å². The standard InChI is InChI=1S/C14H20O2/c1-4-10-15-13-7-5-6-8-14(13)16-11-9-12(2)3/h4-8,12H,1,9-11H2,2-3H3. The van der Waals surface area contributed by atoms with Gasteiger partial charge in [-0.15, -0.1) is 0 Å². The maximum Gasteiger partial charge on any atom is 0.161 e. The summed E-state index contributed by atoms with van der Waals surface area (Å²) in [6, 6.07) is 7.73. The van der Waals surface area contributed by atoms with E-state index in [0.717, 1.165) is 24.5 Å². The quantitative estimate of drug-likeness (QED) is 0.653. The van der Waals surface area contributed by atoms with Crippen LogP contribution in [0.3, 0.4) is 0 Å². The lowest BCUT2D eigenvalue weighted by molar-refractivity contribution is 0.266. The van der Waals surface area contributed by atoms with Gasteiger partial charge in [-0.3, -0.25) is 0 Å². The summed E-state index contributed by atoms with van der Waals surface area (Å²) in [6.07, 6.45) is 2.78. The smallest absolute Gasteiger partial charge is 0.161 e. The zero-order valence-corrected chi connectivity index (χ0v) is 10.1. The zero-order valence-electron chi connectivity index (χ0n) is 10.1. The molecular formula is C14H20O2. The lowest BCUT2D eigenvalue weighted by atomic mass is 10.1. The van der Waals surface area contributed by atoms with E-state index < -0.39 is 0 Å². The molecule has 0 radical (unpaired) electrons. The molecule has 0 saturated heterocycles. The van der Waals surface area contributed by atoms with E-state index in [1.165, 1.54) is 0 Å². The van der Waals surface area contributed by atoms with Crippen molar-refractivity contribution < 1.29 is 9.47 Å². The molecule has 88 valence electrons. The van der Waals surface area contributed by atoms with E-state index in [-0.39, 0.29) is 0 Å². The average molecular weight is 220 g/mol. The molecule has 2 heteroatoms. The van der Waals surface area contributed by atoms with Gasteiger partial charge in [-0.05, 0) is 24.5 Å². The van der Waals surface area contributed by atoms with E-state index in [9.17, 15) is 0 Å². The van der Waals surface area contributed by atoms with E-state index in [1.54, 1.807) is 6.08 Å². The van der Waals surface area contributed by atoms with Gasteiger partial charge in [-0.25, -0.2) is 0 Å². The van der Waals surface area contributed by atoms with Crippen LogP contribution in [0.15, 0.2) is 36.9 Å². The van der Waals surface area contributed by atoms with Gasteiger partial charge >= 0.3 is 0 Å². The van der Waals surface area contributed by atoms with Gasteiger partial charge in [0, 0.05) is 0 Å². The van der Waals surface area contributed by atoms with Crippen molar-refractivity contribution in [3.05, 3.63) is 36.9 Å². The topological polar surface area (TPSA) is 18.5 Å². The third-order valence-corrected chi connectivity index (χ3v) is 2.16. The molecule has 0 aromatic heterocycles. The van der Waals surface area contributed by atoms with Gasteiger partial charge in [-0.1, -0.05) is 38.6 Å². The minimum Gasteiger partial charge on any atom is -0.490 e. The number of benzene rings is 1. The molecule has 0 heterocycles. The molecule has 0 spiro atoms. The van der Waals surface area contributed by atoms with Crippen LogP contribution >= 0.6 is 0 Å². The Labute approximate surface area is 97.9 Å². The number of hydrogen-bond acceptors (Lipinski definition) is 2. The van der Waals surface area contributed by atoms with Crippen molar-refractivity contribution in [3.8, 4) is 11.5 Å². The molecule has 1 aromatic rings. The molecule has 2 nitrogen and oxygen atoms in total. The minimum absolute atomic E-state index is 0.505. The Morgan fingerprint density at radius 3 is 2.38 bits per heavy atom. The Morgan fingerprint density at radius 1 is 1.19 bits per heavy atom. The number of hydrogen-bond donors (Lipinski definition) is 0. The summed E-state index contributed by atoms with van der Waals surface area (Å²) >= 11 is 0. The summed E-state index contributed by atoms with van der Waals surface area (Å²) < 4.78 is 11.2. The third-order valence-electron chi connectivity index (χ3n) is 2.16. The lowest BCUT2D eigenvalue weighted by Crippen LogP contribution is -2.03. The van der Waals surface area contributed by atoms with Crippen molar-refractivity contribution >= 4 is 0 Å². The van der Waals surface area contributed by atoms with Gasteiger partial charge in [0.2, 0.25) is 0 Å². The summed E-state index contributed by atoms with van der Waals surface area (Å²) in [6.45, 7) is 9.23. The Morgan fingerprint density at radius 2 is 1.81 bits per heavy atom. The third kappa shape index (κ3) is 4.39. The van der Waals surface area contributed by atoms with Crippen molar-refractivity contribution in [3.63, 3.8) is 0 Å². The second-order valence-corrected chi connectivity index (χ2v) is 4.08. The predicted octanol–water partition coefficient (Wildman–Crippen LogP) is 3.68. The second kappa shape index (κ2) is 6.94. The van der Waals surface area contributed by atoms with E-state index in [4.69, 9.17) is 9.47 Å². The van der Waals surface area contributed by atoms with Gasteiger partial charge < -0.3 is 9.47 Å². The molecule has 16 heavy (non-hydrogen) atoms. The van der Waals surface area contributed by atoms with Crippen LogP contribution in [0.2, 0.25) is 0 Å². The minimum atomic E-state index is 0.505. The first-order valence-corrected chi connectivity index (χ1v) is 5.69. The van der Waals surface area contributed by atoms with Gasteiger partial charge in [-0.2, -0.15) is 0 Å². The summed E-state index contributed by atoms with van der Waals surface area (Å²) in [5.74, 6) is 2.25. The van der Waals surface area contributed by atoms with E-state index in [0.29, 0.717) is 12.5 Å². The van der Waals surface area contributed by atoms with Gasteiger partial charge in [0.1, 0.15) is 6.61 Å². The van der Waals surface area contributed by atoms with Gasteiger partial charge in [0.05, 0.1) is 6.61 Å². The van der Waals surface area contributed by atoms with Crippen LogP contribution in [0.1, 0.15) is 20.3 Å². The maximum atomic E-state index is 5.69. The van der Waals surface area contributed by atoms with Crippen molar-refractivity contribution in [1.29, 1.82) is 0 Å². The molecule has 1 aromatic carbocycles. The summed E-state index contributed by atoms with van der Waals surface area (Å²) in [4.78, 5) is 0. The van der Waals surface area contributed by atoms with Crippen LogP contribution in [0.4, 0.5) is 0 Å². The fourth-order valence-corrected chi connectivity index (χ4v) is 1.24. The van der Waals surface area contributed by atoms with Crippen LogP contribution in [0, 0.1) is 5.92 Å². The van der Waals surface area contributed by atoms with Crippen LogP contribution in [-0.2, 0) is 0 Å². The number of ether oxygens (including phenoxy) is 2. The normalized spacial score (nSPS) is 10.2. The molecule has 0 unspecified atom stereocenters. The highest BCUT2D eigenvalue weighted by Crippen LogP contribution is 2.26. The SMILES string of the molecule is C=CCOc1ccccc1OCCC(C)C. The Bertz CT molecular complexity index is 318. The first kappa shape index (κ1) is 12.6. The number of para-hydroxylation sites is 2. The molecule has 0 aliphatic heterocycles. The first-order chi connectivity index (χ1) is 7.74. The summed E-state index contributed by atoms with van der Waals surface area (Å²) in [7, 11) is 0. The predicted molar refractivity (Wildman–Crippen MR) is 67.1 cm³/mol. The largest absolute Gasteiger partial charge is 0.490 e. The van der Waals surface area contributed by atoms with Crippen molar-refractivity contribution in [2.45, 2.75) is 20.3 Å². The maximum absolute atomic E-state index is 5.69. The zero-order chi connectivity index (χ0) is 11.8. The fourth-order valence-electron chi connectivity index (χ4n) is 1.24. The molecule has 0 bridgehead atoms. The van der Waals surface area contributed by atoms with Crippen LogP contribution < -0.4 is 9.47 Å². The fraction of sp³-hybridized carbons (Fsp3) is 0.429. The highest BCUT2D eigenvalue weighted by molar-refractivity contribution is 5.39. The summed E-state index contributed by atoms with van der Waals surface area (Å²) in [5.41, 5.74) is 0. The molecule has 0 aliphatic carbocycles. The molecule has 0 atom stereocenters. The van der Waals surface area contributed by atoms with E-state index >= 15 is 0 Å². The highest BCUT2D eigenvalue weighted by atomic mass is 16.5. The highest BCUT2D eigenvalue weighted by Gasteiger charge is 2.03. The van der Waals surface area contributed by atoms with Crippen molar-refractivity contribution in [2.75, 3.05) is 13.2 Å². The Hall–Kier alpha value is -1.44. The number of rotatable bonds is 7. The Balaban J connectivity index is 2.52. The van der Waals surface area contributed by atoms with Gasteiger partial charge in [0.15, 0.2) is 11.5 Å².